The van der Waals surface area contributed by atoms with Gasteiger partial charge in [0.1, 0.15) is 0 Å². The Hall–Kier alpha value is -2.18. The van der Waals surface area contributed by atoms with Crippen LogP contribution in [-0.4, -0.2) is 10.0 Å². The first-order valence-electron chi connectivity index (χ1n) is 5.62. The van der Waals surface area contributed by atoms with Crippen LogP contribution in [0, 0.1) is 10.1 Å². The van der Waals surface area contributed by atoms with Gasteiger partial charge < -0.3 is 10.6 Å². The van der Waals surface area contributed by atoms with Crippen molar-refractivity contribution in [3.63, 3.8) is 0 Å². The fraction of sp³-hybridized carbons (Fsp3) is 0. The maximum Gasteiger partial charge on any atom is 0.269 e. The summed E-state index contributed by atoms with van der Waals surface area (Å²) in [5.74, 6) is 0. The number of nitro benzene ring substituents is 1. The molecule has 0 aliphatic carbocycles. The zero-order valence-corrected chi connectivity index (χ0v) is 11.7. The van der Waals surface area contributed by atoms with E-state index in [1.165, 1.54) is 12.1 Å². The van der Waals surface area contributed by atoms with E-state index >= 15 is 0 Å². The lowest BCUT2D eigenvalue weighted by molar-refractivity contribution is -0.384. The lowest BCUT2D eigenvalue weighted by Gasteiger charge is -2.10. The minimum Gasteiger partial charge on any atom is -0.332 e. The first kappa shape index (κ1) is 14.2. The van der Waals surface area contributed by atoms with Crippen molar-refractivity contribution in [1.82, 2.24) is 0 Å². The van der Waals surface area contributed by atoms with E-state index in [0.717, 1.165) is 5.69 Å². The summed E-state index contributed by atoms with van der Waals surface area (Å²) in [6.45, 7) is 0. The number of thiocarbonyl (C=S) groups is 1. The second-order valence-corrected chi connectivity index (χ2v) is 4.74. The summed E-state index contributed by atoms with van der Waals surface area (Å²) in [7, 11) is 0. The smallest absolute Gasteiger partial charge is 0.269 e. The van der Waals surface area contributed by atoms with Crippen LogP contribution in [0.1, 0.15) is 0 Å². The van der Waals surface area contributed by atoms with E-state index in [2.05, 4.69) is 10.6 Å². The van der Waals surface area contributed by atoms with Gasteiger partial charge in [-0.25, -0.2) is 0 Å². The second kappa shape index (κ2) is 6.31. The topological polar surface area (TPSA) is 67.2 Å². The fourth-order valence-corrected chi connectivity index (χ4v) is 1.95. The second-order valence-electron chi connectivity index (χ2n) is 3.89. The van der Waals surface area contributed by atoms with Gasteiger partial charge in [0.15, 0.2) is 5.11 Å². The number of rotatable bonds is 3. The molecule has 0 bridgehead atoms. The molecule has 0 atom stereocenters. The van der Waals surface area contributed by atoms with Crippen molar-refractivity contribution in [3.05, 3.63) is 63.7 Å². The highest BCUT2D eigenvalue weighted by molar-refractivity contribution is 7.80. The molecule has 0 amide bonds. The van der Waals surface area contributed by atoms with E-state index in [1.807, 2.05) is 6.07 Å². The predicted molar refractivity (Wildman–Crippen MR) is 84.4 cm³/mol. The number of non-ortho nitro benzene ring substituents is 1. The highest BCUT2D eigenvalue weighted by Gasteiger charge is 2.05. The van der Waals surface area contributed by atoms with Gasteiger partial charge in [0, 0.05) is 28.5 Å². The van der Waals surface area contributed by atoms with Crippen LogP contribution in [0.2, 0.25) is 5.02 Å². The van der Waals surface area contributed by atoms with Crippen LogP contribution in [0.25, 0.3) is 0 Å². The zero-order chi connectivity index (χ0) is 14.5. The van der Waals surface area contributed by atoms with Gasteiger partial charge in [-0.15, -0.1) is 0 Å². The maximum absolute atomic E-state index is 10.5. The molecular weight excluding hydrogens is 298 g/mol. The molecule has 5 nitrogen and oxygen atoms in total. The Morgan fingerprint density at radius 3 is 2.35 bits per heavy atom. The molecule has 0 aliphatic rings. The molecule has 20 heavy (non-hydrogen) atoms. The van der Waals surface area contributed by atoms with Crippen molar-refractivity contribution in [2.24, 2.45) is 0 Å². The quantitative estimate of drug-likeness (QED) is 0.508. The van der Waals surface area contributed by atoms with Crippen molar-refractivity contribution in [2.75, 3.05) is 10.6 Å². The summed E-state index contributed by atoms with van der Waals surface area (Å²) >= 11 is 11.0. The van der Waals surface area contributed by atoms with Crippen molar-refractivity contribution >= 4 is 46.0 Å². The summed E-state index contributed by atoms with van der Waals surface area (Å²) in [5, 5.41) is 17.4. The van der Waals surface area contributed by atoms with Crippen molar-refractivity contribution in [2.45, 2.75) is 0 Å². The third-order valence-electron chi connectivity index (χ3n) is 2.42. The highest BCUT2D eigenvalue weighted by Crippen LogP contribution is 2.17. The van der Waals surface area contributed by atoms with Gasteiger partial charge in [0.25, 0.3) is 5.69 Å². The minimum atomic E-state index is -0.452. The van der Waals surface area contributed by atoms with Gasteiger partial charge in [0.05, 0.1) is 4.92 Å². The monoisotopic (exact) mass is 307 g/mol. The van der Waals surface area contributed by atoms with Gasteiger partial charge in [-0.1, -0.05) is 17.7 Å². The number of anilines is 2. The van der Waals surface area contributed by atoms with Gasteiger partial charge in [-0.2, -0.15) is 0 Å². The molecule has 2 rings (SSSR count). The van der Waals surface area contributed by atoms with Crippen molar-refractivity contribution in [3.8, 4) is 0 Å². The molecule has 0 aliphatic heterocycles. The zero-order valence-electron chi connectivity index (χ0n) is 10.2. The molecule has 0 heterocycles. The van der Waals surface area contributed by atoms with Crippen LogP contribution in [0.3, 0.4) is 0 Å². The Bertz CT molecular complexity index is 646. The van der Waals surface area contributed by atoms with Crippen LogP contribution < -0.4 is 10.6 Å². The van der Waals surface area contributed by atoms with Crippen molar-refractivity contribution in [1.29, 1.82) is 0 Å². The number of nitro groups is 1. The summed E-state index contributed by atoms with van der Waals surface area (Å²) in [4.78, 5) is 10.1. The molecule has 0 spiro atoms. The number of halogens is 1. The number of hydrogen-bond donors (Lipinski definition) is 2. The van der Waals surface area contributed by atoms with Gasteiger partial charge >= 0.3 is 0 Å². The number of hydrogen-bond acceptors (Lipinski definition) is 3. The molecule has 0 unspecified atom stereocenters. The lowest BCUT2D eigenvalue weighted by Crippen LogP contribution is -2.18. The normalized spacial score (nSPS) is 9.85. The molecule has 0 fully saturated rings. The Morgan fingerprint density at radius 2 is 1.75 bits per heavy atom. The predicted octanol–water partition coefficient (Wildman–Crippen LogP) is 4.06. The van der Waals surface area contributed by atoms with Crippen LogP contribution >= 0.6 is 23.8 Å². The Kier molecular flexibility index (Phi) is 4.49. The summed E-state index contributed by atoms with van der Waals surface area (Å²) < 4.78 is 0. The number of nitrogens with zero attached hydrogens (tertiary/aromatic N) is 1. The van der Waals surface area contributed by atoms with Gasteiger partial charge in [-0.3, -0.25) is 10.1 Å². The van der Waals surface area contributed by atoms with Crippen molar-refractivity contribution < 1.29 is 4.92 Å². The average molecular weight is 308 g/mol. The van der Waals surface area contributed by atoms with E-state index in [0.29, 0.717) is 15.8 Å². The average Bonchev–Trinajstić information content (AvgIpc) is 2.39. The first-order valence-corrected chi connectivity index (χ1v) is 6.41. The van der Waals surface area contributed by atoms with Crippen LogP contribution in [-0.2, 0) is 0 Å². The summed E-state index contributed by atoms with van der Waals surface area (Å²) in [6, 6.07) is 13.1. The van der Waals surface area contributed by atoms with Gasteiger partial charge in [0.2, 0.25) is 0 Å². The molecule has 0 aromatic heterocycles. The van der Waals surface area contributed by atoms with Crippen LogP contribution in [0.4, 0.5) is 17.1 Å². The van der Waals surface area contributed by atoms with Gasteiger partial charge in [-0.05, 0) is 42.5 Å². The minimum absolute atomic E-state index is 0.0317. The van der Waals surface area contributed by atoms with E-state index in [1.54, 1.807) is 30.3 Å². The molecule has 2 aromatic carbocycles. The molecule has 0 saturated heterocycles. The third-order valence-corrected chi connectivity index (χ3v) is 2.86. The van der Waals surface area contributed by atoms with Crippen LogP contribution in [0.5, 0.6) is 0 Å². The SMILES string of the molecule is O=[N+]([O-])c1ccc(NC(=S)Nc2cccc(Cl)c2)cc1. The molecular formula is C13H10ClN3O2S. The molecule has 2 aromatic rings. The summed E-state index contributed by atoms with van der Waals surface area (Å²) in [6.07, 6.45) is 0. The Labute approximate surface area is 125 Å². The van der Waals surface area contributed by atoms with E-state index in [4.69, 9.17) is 23.8 Å². The third kappa shape index (κ3) is 3.91. The standard InChI is InChI=1S/C13H10ClN3O2S/c14-9-2-1-3-11(8-9)16-13(20)15-10-4-6-12(7-5-10)17(18)19/h1-8H,(H2,15,16,20). The van der Waals surface area contributed by atoms with Crippen LogP contribution in [0.15, 0.2) is 48.5 Å². The van der Waals surface area contributed by atoms with E-state index in [-0.39, 0.29) is 5.69 Å². The molecule has 102 valence electrons. The number of benzene rings is 2. The highest BCUT2D eigenvalue weighted by atomic mass is 35.5. The first-order chi connectivity index (χ1) is 9.54. The molecule has 2 N–H and O–H groups in total. The fourth-order valence-electron chi connectivity index (χ4n) is 1.53. The lowest BCUT2D eigenvalue weighted by atomic mass is 10.3. The maximum atomic E-state index is 10.5. The Balaban J connectivity index is 1.99. The Morgan fingerprint density at radius 1 is 1.10 bits per heavy atom. The number of nitrogens with one attached hydrogen (secondary N) is 2. The molecule has 0 radical (unpaired) electrons. The summed E-state index contributed by atoms with van der Waals surface area (Å²) in [5.41, 5.74) is 1.45. The molecule has 0 saturated carbocycles. The largest absolute Gasteiger partial charge is 0.332 e. The molecule has 7 heteroatoms. The van der Waals surface area contributed by atoms with E-state index in [9.17, 15) is 10.1 Å². The van der Waals surface area contributed by atoms with E-state index < -0.39 is 4.92 Å².